The molecule has 1 aliphatic rings. The SMILES string of the molecule is [2H][C@@]1(n2c(C)nc3cc(Br)cc(N)c3c2=O)CCC(=O)CC1=O. The van der Waals surface area contributed by atoms with Gasteiger partial charge in [-0.05, 0) is 25.5 Å². The number of fused-ring (bicyclic) bond motifs is 1. The van der Waals surface area contributed by atoms with Crippen molar-refractivity contribution in [1.29, 1.82) is 0 Å². The van der Waals surface area contributed by atoms with Crippen LogP contribution in [0.2, 0.25) is 0 Å². The highest BCUT2D eigenvalue weighted by molar-refractivity contribution is 9.10. The molecule has 2 N–H and O–H groups in total. The maximum atomic E-state index is 12.9. The number of nitrogens with zero attached hydrogens (tertiary/aromatic N) is 2. The van der Waals surface area contributed by atoms with Crippen molar-refractivity contribution in [3.63, 3.8) is 0 Å². The van der Waals surface area contributed by atoms with Gasteiger partial charge in [0.1, 0.15) is 11.6 Å². The quantitative estimate of drug-likeness (QED) is 0.615. The van der Waals surface area contributed by atoms with Gasteiger partial charge in [0.25, 0.3) is 5.56 Å². The molecule has 0 radical (unpaired) electrons. The van der Waals surface area contributed by atoms with E-state index in [9.17, 15) is 14.4 Å². The van der Waals surface area contributed by atoms with E-state index in [0.717, 1.165) is 4.57 Å². The molecule has 22 heavy (non-hydrogen) atoms. The summed E-state index contributed by atoms with van der Waals surface area (Å²) in [4.78, 5) is 40.9. The van der Waals surface area contributed by atoms with Crippen molar-refractivity contribution in [2.75, 3.05) is 5.73 Å². The van der Waals surface area contributed by atoms with E-state index in [1.54, 1.807) is 19.1 Å². The maximum Gasteiger partial charge on any atom is 0.264 e. The van der Waals surface area contributed by atoms with Crippen LogP contribution < -0.4 is 11.3 Å². The first kappa shape index (κ1) is 13.6. The van der Waals surface area contributed by atoms with Crippen LogP contribution in [-0.4, -0.2) is 21.1 Å². The second-order valence-corrected chi connectivity index (χ2v) is 6.19. The van der Waals surface area contributed by atoms with E-state index >= 15 is 0 Å². The van der Waals surface area contributed by atoms with Crippen LogP contribution in [0.25, 0.3) is 10.9 Å². The molecule has 0 bridgehead atoms. The minimum absolute atomic E-state index is 0.0327. The lowest BCUT2D eigenvalue weighted by Crippen LogP contribution is -2.36. The highest BCUT2D eigenvalue weighted by Crippen LogP contribution is 2.26. The third-order valence-corrected chi connectivity index (χ3v) is 4.18. The second-order valence-electron chi connectivity index (χ2n) is 5.27. The Balaban J connectivity index is 2.33. The molecule has 0 saturated heterocycles. The van der Waals surface area contributed by atoms with Crippen LogP contribution in [0, 0.1) is 6.92 Å². The molecule has 0 amide bonds. The number of halogens is 1. The molecular formula is C15H14BrN3O3. The number of carbonyl (C=O) groups excluding carboxylic acids is 2. The Morgan fingerprint density at radius 1 is 1.41 bits per heavy atom. The Morgan fingerprint density at radius 2 is 2.14 bits per heavy atom. The summed E-state index contributed by atoms with van der Waals surface area (Å²) in [6.45, 7) is 1.57. The predicted octanol–water partition coefficient (Wildman–Crippen LogP) is 1.91. The van der Waals surface area contributed by atoms with E-state index in [4.69, 9.17) is 7.10 Å². The molecule has 114 valence electrons. The maximum absolute atomic E-state index is 12.9. The number of benzene rings is 1. The van der Waals surface area contributed by atoms with Gasteiger partial charge in [-0.25, -0.2) is 4.98 Å². The summed E-state index contributed by atoms with van der Waals surface area (Å²) in [5, 5.41) is 0.176. The number of aryl methyl sites for hydroxylation is 1. The van der Waals surface area contributed by atoms with E-state index in [2.05, 4.69) is 20.9 Å². The van der Waals surface area contributed by atoms with Crippen LogP contribution in [0.3, 0.4) is 0 Å². The van der Waals surface area contributed by atoms with E-state index in [0.29, 0.717) is 9.99 Å². The van der Waals surface area contributed by atoms with E-state index in [-0.39, 0.29) is 41.9 Å². The number of anilines is 1. The van der Waals surface area contributed by atoms with E-state index in [1.165, 1.54) is 0 Å². The second kappa shape index (κ2) is 5.31. The lowest BCUT2D eigenvalue weighted by molar-refractivity contribution is -0.132. The summed E-state index contributed by atoms with van der Waals surface area (Å²) >= 11 is 3.30. The van der Waals surface area contributed by atoms with Crippen molar-refractivity contribution < 1.29 is 11.0 Å². The van der Waals surface area contributed by atoms with E-state index in [1.807, 2.05) is 0 Å². The van der Waals surface area contributed by atoms with Crippen LogP contribution in [0.5, 0.6) is 0 Å². The smallest absolute Gasteiger partial charge is 0.264 e. The zero-order chi connectivity index (χ0) is 16.9. The average Bonchev–Trinajstić information content (AvgIpc) is 2.42. The van der Waals surface area contributed by atoms with Crippen molar-refractivity contribution in [2.45, 2.75) is 32.2 Å². The first-order valence-corrected chi connectivity index (χ1v) is 7.57. The Kier molecular flexibility index (Phi) is 3.29. The lowest BCUT2D eigenvalue weighted by atomic mass is 9.92. The number of nitrogen functional groups attached to an aromatic ring is 1. The van der Waals surface area contributed by atoms with Crippen molar-refractivity contribution in [1.82, 2.24) is 9.55 Å². The fourth-order valence-electron chi connectivity index (χ4n) is 2.74. The molecule has 1 aromatic carbocycles. The molecule has 1 fully saturated rings. The summed E-state index contributed by atoms with van der Waals surface area (Å²) in [5.74, 6) is -0.547. The number of rotatable bonds is 1. The molecule has 2 aromatic rings. The van der Waals surface area contributed by atoms with Gasteiger partial charge < -0.3 is 5.73 Å². The Bertz CT molecular complexity index is 924. The molecular weight excluding hydrogens is 350 g/mol. The van der Waals surface area contributed by atoms with Gasteiger partial charge in [0.2, 0.25) is 0 Å². The van der Waals surface area contributed by atoms with Gasteiger partial charge in [-0.1, -0.05) is 15.9 Å². The molecule has 3 rings (SSSR count). The Labute approximate surface area is 135 Å². The van der Waals surface area contributed by atoms with Crippen LogP contribution in [0.1, 0.15) is 32.5 Å². The van der Waals surface area contributed by atoms with Crippen molar-refractivity contribution in [3.05, 3.63) is 32.8 Å². The molecule has 0 aliphatic heterocycles. The van der Waals surface area contributed by atoms with Crippen LogP contribution in [-0.2, 0) is 9.59 Å². The fourth-order valence-corrected chi connectivity index (χ4v) is 3.20. The first-order valence-electron chi connectivity index (χ1n) is 7.28. The van der Waals surface area contributed by atoms with Crippen molar-refractivity contribution >= 4 is 44.1 Å². The number of hydrogen-bond donors (Lipinski definition) is 1. The standard InChI is InChI=1S/C15H14BrN3O3/c1-7-18-11-5-8(16)4-10(17)14(11)15(22)19(7)12-3-2-9(20)6-13(12)21/h4-5,12H,2-3,6,17H2,1H3/t12-/m1/s1/i12D. The van der Waals surface area contributed by atoms with Gasteiger partial charge in [0.05, 0.1) is 24.7 Å². The van der Waals surface area contributed by atoms with Gasteiger partial charge in [-0.3, -0.25) is 19.0 Å². The number of nitrogens with two attached hydrogens (primary N) is 1. The molecule has 1 aliphatic carbocycles. The average molecular weight is 365 g/mol. The molecule has 1 saturated carbocycles. The molecule has 6 nitrogen and oxygen atoms in total. The highest BCUT2D eigenvalue weighted by atomic mass is 79.9. The van der Waals surface area contributed by atoms with Gasteiger partial charge in [0, 0.05) is 16.6 Å². The van der Waals surface area contributed by atoms with Crippen LogP contribution >= 0.6 is 15.9 Å². The fraction of sp³-hybridized carbons (Fsp3) is 0.333. The minimum atomic E-state index is -1.81. The molecule has 1 heterocycles. The number of aromatic nitrogens is 2. The van der Waals surface area contributed by atoms with Gasteiger partial charge >= 0.3 is 0 Å². The third kappa shape index (κ3) is 2.35. The van der Waals surface area contributed by atoms with Crippen molar-refractivity contribution in [2.24, 2.45) is 0 Å². The monoisotopic (exact) mass is 364 g/mol. The van der Waals surface area contributed by atoms with Crippen LogP contribution in [0.4, 0.5) is 5.69 Å². The molecule has 0 unspecified atom stereocenters. The summed E-state index contributed by atoms with van der Waals surface area (Å²) in [6.07, 6.45) is -0.271. The molecule has 1 atom stereocenters. The zero-order valence-electron chi connectivity index (χ0n) is 12.9. The highest BCUT2D eigenvalue weighted by Gasteiger charge is 2.30. The third-order valence-electron chi connectivity index (χ3n) is 3.73. The largest absolute Gasteiger partial charge is 0.398 e. The topological polar surface area (TPSA) is 95.1 Å². The van der Waals surface area contributed by atoms with Crippen LogP contribution in [0.15, 0.2) is 21.4 Å². The molecule has 0 spiro atoms. The van der Waals surface area contributed by atoms with E-state index < -0.39 is 17.4 Å². The Morgan fingerprint density at radius 3 is 2.82 bits per heavy atom. The van der Waals surface area contributed by atoms with Gasteiger partial charge in [-0.2, -0.15) is 0 Å². The first-order chi connectivity index (χ1) is 10.7. The predicted molar refractivity (Wildman–Crippen MR) is 85.8 cm³/mol. The van der Waals surface area contributed by atoms with Gasteiger partial charge in [-0.15, -0.1) is 0 Å². The molecule has 7 heteroatoms. The lowest BCUT2D eigenvalue weighted by Gasteiger charge is -2.24. The minimum Gasteiger partial charge on any atom is -0.398 e. The summed E-state index contributed by atoms with van der Waals surface area (Å²) < 4.78 is 10.2. The number of carbonyl (C=O) groups is 2. The zero-order valence-corrected chi connectivity index (χ0v) is 13.4. The van der Waals surface area contributed by atoms with Gasteiger partial charge in [0.15, 0.2) is 5.78 Å². The Hall–Kier alpha value is -2.02. The number of ketones is 2. The van der Waals surface area contributed by atoms with Crippen molar-refractivity contribution in [3.8, 4) is 0 Å². The summed E-state index contributed by atoms with van der Waals surface area (Å²) in [6, 6.07) is 1.43. The summed E-state index contributed by atoms with van der Waals surface area (Å²) in [7, 11) is 0. The number of hydrogen-bond acceptors (Lipinski definition) is 5. The number of Topliss-reactive ketones (excluding diaryl/α,β-unsaturated/α-hetero) is 2. The molecule has 1 aromatic heterocycles. The summed E-state index contributed by atoms with van der Waals surface area (Å²) in [5.41, 5.74) is 6.02. The normalized spacial score (nSPS) is 22.9.